The number of nitrogens with one attached hydrogen (secondary N) is 2. The van der Waals surface area contributed by atoms with Crippen molar-refractivity contribution in [3.05, 3.63) is 102 Å². The molecule has 1 aromatic heterocycles. The van der Waals surface area contributed by atoms with Gasteiger partial charge in [-0.25, -0.2) is 5.43 Å². The van der Waals surface area contributed by atoms with Crippen LogP contribution in [0.2, 0.25) is 0 Å². The number of aryl methyl sites for hydroxylation is 1. The molecule has 4 aromatic rings. The Labute approximate surface area is 181 Å². The third-order valence-corrected chi connectivity index (χ3v) is 5.22. The van der Waals surface area contributed by atoms with E-state index in [0.717, 1.165) is 40.1 Å². The predicted molar refractivity (Wildman–Crippen MR) is 125 cm³/mol. The van der Waals surface area contributed by atoms with E-state index in [0.29, 0.717) is 5.69 Å². The second kappa shape index (κ2) is 9.22. The first-order valence-corrected chi connectivity index (χ1v) is 10.3. The van der Waals surface area contributed by atoms with Crippen molar-refractivity contribution < 1.29 is 4.79 Å². The summed E-state index contributed by atoms with van der Waals surface area (Å²) in [5.41, 5.74) is 9.89. The van der Waals surface area contributed by atoms with Gasteiger partial charge >= 0.3 is 0 Å². The van der Waals surface area contributed by atoms with Crippen LogP contribution >= 0.6 is 0 Å². The van der Waals surface area contributed by atoms with Gasteiger partial charge in [0.25, 0.3) is 5.91 Å². The SMILES string of the molecule is CCc1ccc(-c2cc(C(=O)NN=C(C)c3ccc(-c4ccccc4)cc3)[nH]n2)cc1. The molecule has 1 amide bonds. The molecule has 5 nitrogen and oxygen atoms in total. The summed E-state index contributed by atoms with van der Waals surface area (Å²) in [6.07, 6.45) is 0.987. The number of hydrazone groups is 1. The number of rotatable bonds is 6. The number of amides is 1. The maximum absolute atomic E-state index is 12.5. The smallest absolute Gasteiger partial charge is 0.272 e. The molecule has 0 radical (unpaired) electrons. The van der Waals surface area contributed by atoms with E-state index in [1.807, 2.05) is 49.4 Å². The zero-order valence-corrected chi connectivity index (χ0v) is 17.6. The van der Waals surface area contributed by atoms with Crippen LogP contribution in [-0.2, 0) is 6.42 Å². The maximum atomic E-state index is 12.5. The molecular weight excluding hydrogens is 384 g/mol. The molecule has 0 saturated carbocycles. The van der Waals surface area contributed by atoms with Crippen LogP contribution in [0.15, 0.2) is 90.0 Å². The van der Waals surface area contributed by atoms with Gasteiger partial charge in [0.15, 0.2) is 0 Å². The summed E-state index contributed by atoms with van der Waals surface area (Å²) < 4.78 is 0. The first-order valence-electron chi connectivity index (χ1n) is 10.3. The zero-order chi connectivity index (χ0) is 21.6. The van der Waals surface area contributed by atoms with E-state index in [9.17, 15) is 4.79 Å². The second-order valence-electron chi connectivity index (χ2n) is 7.30. The van der Waals surface area contributed by atoms with Crippen molar-refractivity contribution in [2.75, 3.05) is 0 Å². The van der Waals surface area contributed by atoms with Crippen molar-refractivity contribution in [3.8, 4) is 22.4 Å². The van der Waals surface area contributed by atoms with Gasteiger partial charge in [-0.05, 0) is 41.7 Å². The third-order valence-electron chi connectivity index (χ3n) is 5.22. The number of hydrogen-bond acceptors (Lipinski definition) is 3. The topological polar surface area (TPSA) is 70.1 Å². The minimum Gasteiger partial charge on any atom is -0.272 e. The molecule has 2 N–H and O–H groups in total. The highest BCUT2D eigenvalue weighted by molar-refractivity contribution is 6.01. The van der Waals surface area contributed by atoms with Gasteiger partial charge in [0.1, 0.15) is 5.69 Å². The number of aromatic nitrogens is 2. The molecule has 0 spiro atoms. The van der Waals surface area contributed by atoms with Gasteiger partial charge in [-0.3, -0.25) is 9.89 Å². The van der Waals surface area contributed by atoms with Gasteiger partial charge < -0.3 is 0 Å². The first kappa shape index (κ1) is 20.3. The molecule has 1 heterocycles. The molecule has 0 unspecified atom stereocenters. The van der Waals surface area contributed by atoms with E-state index < -0.39 is 0 Å². The monoisotopic (exact) mass is 408 g/mol. The Morgan fingerprint density at radius 1 is 0.903 bits per heavy atom. The quantitative estimate of drug-likeness (QED) is 0.328. The first-order chi connectivity index (χ1) is 15.1. The van der Waals surface area contributed by atoms with Gasteiger partial charge in [-0.15, -0.1) is 0 Å². The van der Waals surface area contributed by atoms with Crippen LogP contribution < -0.4 is 5.43 Å². The summed E-state index contributed by atoms with van der Waals surface area (Å²) >= 11 is 0. The summed E-state index contributed by atoms with van der Waals surface area (Å²) in [5, 5.41) is 11.3. The highest BCUT2D eigenvalue weighted by Gasteiger charge is 2.11. The Morgan fingerprint density at radius 2 is 1.55 bits per heavy atom. The molecule has 4 rings (SSSR count). The largest absolute Gasteiger partial charge is 0.289 e. The Morgan fingerprint density at radius 3 is 2.23 bits per heavy atom. The molecule has 0 bridgehead atoms. The highest BCUT2D eigenvalue weighted by atomic mass is 16.2. The molecular formula is C26H24N4O. The molecule has 0 aliphatic carbocycles. The molecule has 0 aliphatic heterocycles. The van der Waals surface area contributed by atoms with Gasteiger partial charge in [-0.2, -0.15) is 10.2 Å². The van der Waals surface area contributed by atoms with Crippen molar-refractivity contribution in [3.63, 3.8) is 0 Å². The number of carbonyl (C=O) groups excluding carboxylic acids is 1. The van der Waals surface area contributed by atoms with E-state index in [1.165, 1.54) is 5.56 Å². The van der Waals surface area contributed by atoms with Crippen LogP contribution in [0.1, 0.15) is 35.5 Å². The summed E-state index contributed by atoms with van der Waals surface area (Å²) in [5.74, 6) is -0.329. The Hall–Kier alpha value is -3.99. The van der Waals surface area contributed by atoms with Crippen LogP contribution in [0.3, 0.4) is 0 Å². The predicted octanol–water partition coefficient (Wildman–Crippen LogP) is 5.46. The summed E-state index contributed by atoms with van der Waals surface area (Å²) in [6, 6.07) is 28.2. The molecule has 5 heteroatoms. The number of aromatic amines is 1. The standard InChI is InChI=1S/C26H24N4O/c1-3-19-9-11-23(12-10-19)24-17-25(29-28-24)26(31)30-27-18(2)20-13-15-22(16-14-20)21-7-5-4-6-8-21/h4-17H,3H2,1-2H3,(H,28,29)(H,30,31). The van der Waals surface area contributed by atoms with E-state index in [4.69, 9.17) is 0 Å². The van der Waals surface area contributed by atoms with Gasteiger partial charge in [0.05, 0.1) is 11.4 Å². The molecule has 0 aliphatic rings. The molecule has 3 aromatic carbocycles. The molecule has 0 fully saturated rings. The Kier molecular flexibility index (Phi) is 6.03. The fraction of sp³-hybridized carbons (Fsp3) is 0.115. The third kappa shape index (κ3) is 4.78. The van der Waals surface area contributed by atoms with Crippen LogP contribution in [-0.4, -0.2) is 21.8 Å². The minimum absolute atomic E-state index is 0.329. The molecule has 31 heavy (non-hydrogen) atoms. The number of carbonyl (C=O) groups is 1. The average molecular weight is 409 g/mol. The normalized spacial score (nSPS) is 11.4. The Balaban J connectivity index is 1.42. The minimum atomic E-state index is -0.329. The number of hydrogen-bond donors (Lipinski definition) is 2. The lowest BCUT2D eigenvalue weighted by atomic mass is 10.0. The van der Waals surface area contributed by atoms with E-state index >= 15 is 0 Å². The van der Waals surface area contributed by atoms with Gasteiger partial charge in [0, 0.05) is 5.56 Å². The summed E-state index contributed by atoms with van der Waals surface area (Å²) in [4.78, 5) is 12.5. The molecule has 0 saturated heterocycles. The van der Waals surface area contributed by atoms with Crippen molar-refractivity contribution >= 4 is 11.6 Å². The van der Waals surface area contributed by atoms with E-state index in [-0.39, 0.29) is 5.91 Å². The lowest BCUT2D eigenvalue weighted by molar-refractivity contribution is 0.0950. The van der Waals surface area contributed by atoms with Crippen LogP contribution in [0.4, 0.5) is 0 Å². The van der Waals surface area contributed by atoms with Gasteiger partial charge in [-0.1, -0.05) is 85.8 Å². The van der Waals surface area contributed by atoms with Crippen LogP contribution in [0.5, 0.6) is 0 Å². The fourth-order valence-electron chi connectivity index (χ4n) is 3.29. The number of H-pyrrole nitrogens is 1. The van der Waals surface area contributed by atoms with Crippen molar-refractivity contribution in [1.82, 2.24) is 15.6 Å². The lowest BCUT2D eigenvalue weighted by Gasteiger charge is -2.05. The van der Waals surface area contributed by atoms with Crippen molar-refractivity contribution in [2.24, 2.45) is 5.10 Å². The van der Waals surface area contributed by atoms with Crippen LogP contribution in [0, 0.1) is 0 Å². The number of nitrogens with zero attached hydrogens (tertiary/aromatic N) is 2. The van der Waals surface area contributed by atoms with E-state index in [1.54, 1.807) is 6.07 Å². The maximum Gasteiger partial charge on any atom is 0.289 e. The summed E-state index contributed by atoms with van der Waals surface area (Å²) in [6.45, 7) is 3.98. The number of benzene rings is 3. The van der Waals surface area contributed by atoms with Crippen LogP contribution in [0.25, 0.3) is 22.4 Å². The van der Waals surface area contributed by atoms with Crippen molar-refractivity contribution in [1.29, 1.82) is 0 Å². The second-order valence-corrected chi connectivity index (χ2v) is 7.30. The fourth-order valence-corrected chi connectivity index (χ4v) is 3.29. The Bertz CT molecular complexity index is 1190. The summed E-state index contributed by atoms with van der Waals surface area (Å²) in [7, 11) is 0. The zero-order valence-electron chi connectivity index (χ0n) is 17.6. The van der Waals surface area contributed by atoms with Gasteiger partial charge in [0.2, 0.25) is 0 Å². The highest BCUT2D eigenvalue weighted by Crippen LogP contribution is 2.20. The molecule has 154 valence electrons. The van der Waals surface area contributed by atoms with E-state index in [2.05, 4.69) is 64.0 Å². The van der Waals surface area contributed by atoms with Crippen molar-refractivity contribution in [2.45, 2.75) is 20.3 Å². The lowest BCUT2D eigenvalue weighted by Crippen LogP contribution is -2.19. The molecule has 0 atom stereocenters. The average Bonchev–Trinajstić information content (AvgIpc) is 3.33.